The second kappa shape index (κ2) is 20.4. The van der Waals surface area contributed by atoms with Crippen molar-refractivity contribution >= 4 is 51.2 Å². The molecule has 0 radical (unpaired) electrons. The van der Waals surface area contributed by atoms with E-state index >= 15 is 0 Å². The molecule has 8 rings (SSSR count). The zero-order valence-electron chi connectivity index (χ0n) is 35.7. The van der Waals surface area contributed by atoms with E-state index in [0.717, 1.165) is 82.0 Å². The van der Waals surface area contributed by atoms with Crippen molar-refractivity contribution in [2.24, 2.45) is 11.8 Å². The van der Waals surface area contributed by atoms with Gasteiger partial charge in [-0.15, -0.1) is 0 Å². The summed E-state index contributed by atoms with van der Waals surface area (Å²) in [5.74, 6) is 2.28. The van der Waals surface area contributed by atoms with Crippen LogP contribution in [0, 0.1) is 11.8 Å². The van der Waals surface area contributed by atoms with Crippen LogP contribution >= 0.6 is 0 Å². The molecule has 4 N–H and O–H groups in total. The summed E-state index contributed by atoms with van der Waals surface area (Å²) in [4.78, 5) is 35.9. The van der Waals surface area contributed by atoms with Crippen molar-refractivity contribution in [3.8, 4) is 11.5 Å². The molecule has 0 saturated heterocycles. The number of hydrogen-bond acceptors (Lipinski definition) is 9. The highest BCUT2D eigenvalue weighted by atomic mass is 16.5. The third-order valence-corrected chi connectivity index (χ3v) is 12.3. The number of rotatable bonds is 15. The minimum atomic E-state index is -0.919. The Morgan fingerprint density at radius 1 is 0.629 bits per heavy atom. The molecule has 2 unspecified atom stereocenters. The van der Waals surface area contributed by atoms with Crippen molar-refractivity contribution < 1.29 is 42.9 Å². The van der Waals surface area contributed by atoms with Gasteiger partial charge in [0.25, 0.3) is 5.91 Å². The molecule has 0 spiro atoms. The smallest absolute Gasteiger partial charge is 0.335 e. The molecule has 12 nitrogen and oxygen atoms in total. The monoisotopic (exact) mass is 843 g/mol. The lowest BCUT2D eigenvalue weighted by molar-refractivity contribution is -0.137. The first kappa shape index (κ1) is 43.7. The minimum Gasteiger partial charge on any atom is -0.497 e. The number of carbonyl (C=O) groups excluding carboxylic acids is 1. The maximum atomic E-state index is 12.6. The highest BCUT2D eigenvalue weighted by Gasteiger charge is 2.30. The summed E-state index contributed by atoms with van der Waals surface area (Å²) in [5, 5.41) is 27.3. The van der Waals surface area contributed by atoms with Crippen LogP contribution in [0.25, 0.3) is 21.9 Å². The van der Waals surface area contributed by atoms with E-state index in [0.29, 0.717) is 17.4 Å². The van der Waals surface area contributed by atoms with Crippen LogP contribution in [-0.4, -0.2) is 60.8 Å². The van der Waals surface area contributed by atoms with E-state index in [2.05, 4.69) is 22.8 Å². The molecule has 6 aromatic rings. The van der Waals surface area contributed by atoms with Crippen LogP contribution in [0.2, 0.25) is 0 Å². The third-order valence-electron chi connectivity index (χ3n) is 12.3. The van der Waals surface area contributed by atoms with Gasteiger partial charge in [-0.05, 0) is 122 Å². The van der Waals surface area contributed by atoms with E-state index in [1.54, 1.807) is 45.5 Å². The maximum Gasteiger partial charge on any atom is 0.335 e. The Bertz CT molecular complexity index is 2430. The summed E-state index contributed by atoms with van der Waals surface area (Å²) in [6.45, 7) is 0.175. The SMILES string of the molecule is COc1ccc2cc(C(Nc3ccc(C(=O)N(C)CCC(=O)O)cc3)C3CCCCC3)oc2c1.COc1ccc2cc(C(Nc3ccc(C(=O)O)cc3)C3CCCCC3)oc2c1. The number of amides is 1. The molecular weight excluding hydrogens is 787 g/mol. The fraction of sp³-hybridized carbons (Fsp3) is 0.380. The Morgan fingerprint density at radius 2 is 1.06 bits per heavy atom. The molecule has 2 fully saturated rings. The summed E-state index contributed by atoms with van der Waals surface area (Å²) in [5.41, 5.74) is 4.26. The lowest BCUT2D eigenvalue weighted by atomic mass is 9.82. The molecular formula is C50H57N3O9. The van der Waals surface area contributed by atoms with E-state index in [1.807, 2.05) is 60.7 Å². The summed E-state index contributed by atoms with van der Waals surface area (Å²) in [6, 6.07) is 30.3. The van der Waals surface area contributed by atoms with E-state index < -0.39 is 11.9 Å². The van der Waals surface area contributed by atoms with Gasteiger partial charge >= 0.3 is 11.9 Å². The van der Waals surface area contributed by atoms with Gasteiger partial charge in [0.05, 0.1) is 38.3 Å². The Hall–Kier alpha value is -6.43. The van der Waals surface area contributed by atoms with Gasteiger partial charge in [-0.2, -0.15) is 0 Å². The maximum absolute atomic E-state index is 12.6. The topological polar surface area (TPSA) is 164 Å². The molecule has 0 aliphatic heterocycles. The van der Waals surface area contributed by atoms with Crippen LogP contribution in [0.3, 0.4) is 0 Å². The summed E-state index contributed by atoms with van der Waals surface area (Å²) >= 11 is 0. The first-order chi connectivity index (χ1) is 30.1. The van der Waals surface area contributed by atoms with Crippen LogP contribution in [0.1, 0.15) is 115 Å². The fourth-order valence-electron chi connectivity index (χ4n) is 8.76. The molecule has 2 aromatic heterocycles. The van der Waals surface area contributed by atoms with E-state index in [1.165, 1.54) is 43.4 Å². The number of aliphatic carboxylic acids is 1. The van der Waals surface area contributed by atoms with E-state index in [9.17, 15) is 14.4 Å². The average molecular weight is 844 g/mol. The lowest BCUT2D eigenvalue weighted by Crippen LogP contribution is -2.29. The predicted octanol–water partition coefficient (Wildman–Crippen LogP) is 11.6. The molecule has 62 heavy (non-hydrogen) atoms. The van der Waals surface area contributed by atoms with Gasteiger partial charge in [-0.3, -0.25) is 9.59 Å². The number of anilines is 2. The van der Waals surface area contributed by atoms with Gasteiger partial charge in [0.2, 0.25) is 0 Å². The number of carbonyl (C=O) groups is 3. The quantitative estimate of drug-likeness (QED) is 0.0778. The van der Waals surface area contributed by atoms with Gasteiger partial charge in [0.15, 0.2) is 0 Å². The number of ether oxygens (including phenoxy) is 2. The van der Waals surface area contributed by atoms with Crippen molar-refractivity contribution in [1.82, 2.24) is 4.90 Å². The van der Waals surface area contributed by atoms with Crippen molar-refractivity contribution in [3.63, 3.8) is 0 Å². The molecule has 0 bridgehead atoms. The van der Waals surface area contributed by atoms with Gasteiger partial charge < -0.3 is 44.1 Å². The number of methoxy groups -OCH3 is 2. The van der Waals surface area contributed by atoms with Crippen LogP contribution in [-0.2, 0) is 4.79 Å². The van der Waals surface area contributed by atoms with E-state index in [-0.39, 0.29) is 36.5 Å². The molecule has 326 valence electrons. The second-order valence-corrected chi connectivity index (χ2v) is 16.5. The summed E-state index contributed by atoms with van der Waals surface area (Å²) < 4.78 is 23.2. The number of hydrogen-bond donors (Lipinski definition) is 4. The molecule has 2 aliphatic carbocycles. The van der Waals surface area contributed by atoms with Crippen LogP contribution in [0.4, 0.5) is 11.4 Å². The number of fused-ring (bicyclic) bond motifs is 2. The molecule has 2 saturated carbocycles. The van der Waals surface area contributed by atoms with Gasteiger partial charge in [0, 0.05) is 53.4 Å². The lowest BCUT2D eigenvalue weighted by Gasteiger charge is -2.30. The highest BCUT2D eigenvalue weighted by molar-refractivity contribution is 5.94. The van der Waals surface area contributed by atoms with Crippen molar-refractivity contribution in [2.45, 2.75) is 82.7 Å². The summed E-state index contributed by atoms with van der Waals surface area (Å²) in [6.07, 6.45) is 12.0. The fourth-order valence-corrected chi connectivity index (χ4v) is 8.76. The number of benzene rings is 4. The Kier molecular flexibility index (Phi) is 14.4. The average Bonchev–Trinajstić information content (AvgIpc) is 3.94. The number of nitrogens with one attached hydrogen (secondary N) is 2. The predicted molar refractivity (Wildman–Crippen MR) is 240 cm³/mol. The van der Waals surface area contributed by atoms with Gasteiger partial charge in [-0.1, -0.05) is 38.5 Å². The van der Waals surface area contributed by atoms with Crippen LogP contribution in [0.5, 0.6) is 11.5 Å². The number of carboxylic acids is 2. The number of nitrogens with zero attached hydrogens (tertiary/aromatic N) is 1. The second-order valence-electron chi connectivity index (χ2n) is 16.5. The summed E-state index contributed by atoms with van der Waals surface area (Å²) in [7, 11) is 4.92. The zero-order chi connectivity index (χ0) is 43.6. The molecule has 2 heterocycles. The normalized spacial score (nSPS) is 15.5. The van der Waals surface area contributed by atoms with Crippen molar-refractivity contribution in [1.29, 1.82) is 0 Å². The molecule has 2 atom stereocenters. The highest BCUT2D eigenvalue weighted by Crippen LogP contribution is 2.41. The third kappa shape index (κ3) is 10.9. The van der Waals surface area contributed by atoms with Crippen LogP contribution in [0.15, 0.2) is 106 Å². The first-order valence-corrected chi connectivity index (χ1v) is 21.7. The Balaban J connectivity index is 0.000000190. The molecule has 2 aliphatic rings. The zero-order valence-corrected chi connectivity index (χ0v) is 35.7. The van der Waals surface area contributed by atoms with Gasteiger partial charge in [0.1, 0.15) is 34.2 Å². The minimum absolute atomic E-state index is 0.0264. The van der Waals surface area contributed by atoms with Crippen molar-refractivity contribution in [2.75, 3.05) is 38.4 Å². The van der Waals surface area contributed by atoms with Crippen molar-refractivity contribution in [3.05, 3.63) is 120 Å². The number of furan rings is 2. The first-order valence-electron chi connectivity index (χ1n) is 21.7. The van der Waals surface area contributed by atoms with Crippen LogP contribution < -0.4 is 20.1 Å². The van der Waals surface area contributed by atoms with Gasteiger partial charge in [-0.25, -0.2) is 4.79 Å². The standard InChI is InChI=1S/C27H32N2O5.C23H25NO4/c1-29(15-14-25(30)31)27(32)19-8-11-21(12-9-19)28-26(18-6-4-3-5-7-18)24-16-20-10-13-22(33-2)17-23(20)34-24;1-27-19-12-9-17-13-21(28-20(17)14-19)22(15-5-3-2-4-6-15)24-18-10-7-16(8-11-18)23(25)26/h8-13,16-18,26,28H,3-7,14-15H2,1-2H3,(H,30,31);7-15,22,24H,2-6H2,1H3,(H,25,26). The Labute approximate surface area is 362 Å². The Morgan fingerprint density at radius 3 is 1.47 bits per heavy atom. The largest absolute Gasteiger partial charge is 0.497 e. The molecule has 12 heteroatoms. The van der Waals surface area contributed by atoms with E-state index in [4.69, 9.17) is 28.5 Å². The number of aromatic carboxylic acids is 1. The molecule has 1 amide bonds. The number of carboxylic acid groups (broad SMARTS) is 2. The molecule has 4 aromatic carbocycles.